The molecule has 0 heterocycles. The SMILES string of the molecule is CCCCCCCCCCCCCCC[C@@H](O)[C@H](C)NCCCCCCCCCCCC. The Hall–Kier alpha value is -0.0800. The van der Waals surface area contributed by atoms with E-state index >= 15 is 0 Å². The molecule has 2 heteroatoms. The van der Waals surface area contributed by atoms with Gasteiger partial charge in [-0.3, -0.25) is 0 Å². The van der Waals surface area contributed by atoms with Gasteiger partial charge in [-0.1, -0.05) is 155 Å². The molecule has 0 radical (unpaired) electrons. The summed E-state index contributed by atoms with van der Waals surface area (Å²) in [4.78, 5) is 0. The van der Waals surface area contributed by atoms with Gasteiger partial charge in [-0.05, 0) is 26.3 Å². The topological polar surface area (TPSA) is 32.3 Å². The third kappa shape index (κ3) is 24.6. The second kappa shape index (κ2) is 27.2. The molecule has 0 rings (SSSR count). The Morgan fingerprint density at radius 3 is 1.16 bits per heavy atom. The van der Waals surface area contributed by atoms with E-state index in [2.05, 4.69) is 26.1 Å². The van der Waals surface area contributed by atoms with E-state index in [-0.39, 0.29) is 12.1 Å². The van der Waals surface area contributed by atoms with Crippen molar-refractivity contribution < 1.29 is 5.11 Å². The lowest BCUT2D eigenvalue weighted by atomic mass is 10.0. The molecule has 0 saturated carbocycles. The molecular weight excluding hydrogens is 390 g/mol. The fourth-order valence-corrected chi connectivity index (χ4v) is 4.70. The lowest BCUT2D eigenvalue weighted by Gasteiger charge is -2.20. The summed E-state index contributed by atoms with van der Waals surface area (Å²) in [6, 6.07) is 0.242. The maximum Gasteiger partial charge on any atom is 0.0690 e. The van der Waals surface area contributed by atoms with Crippen molar-refractivity contribution in [2.45, 2.75) is 187 Å². The normalized spacial score (nSPS) is 13.5. The van der Waals surface area contributed by atoms with Crippen LogP contribution in [-0.4, -0.2) is 23.8 Å². The van der Waals surface area contributed by atoms with E-state index in [0.717, 1.165) is 13.0 Å². The van der Waals surface area contributed by atoms with Gasteiger partial charge in [0.2, 0.25) is 0 Å². The van der Waals surface area contributed by atoms with Crippen molar-refractivity contribution in [2.24, 2.45) is 0 Å². The molecule has 0 aromatic rings. The molecule has 2 nitrogen and oxygen atoms in total. The van der Waals surface area contributed by atoms with Gasteiger partial charge < -0.3 is 10.4 Å². The minimum atomic E-state index is -0.175. The third-order valence-electron chi connectivity index (χ3n) is 7.18. The smallest absolute Gasteiger partial charge is 0.0690 e. The quantitative estimate of drug-likeness (QED) is 0.121. The molecule has 0 bridgehead atoms. The Morgan fingerprint density at radius 2 is 0.781 bits per heavy atom. The van der Waals surface area contributed by atoms with E-state index in [1.54, 1.807) is 0 Å². The van der Waals surface area contributed by atoms with Gasteiger partial charge in [0.1, 0.15) is 0 Å². The third-order valence-corrected chi connectivity index (χ3v) is 7.18. The van der Waals surface area contributed by atoms with Gasteiger partial charge in [0.15, 0.2) is 0 Å². The predicted molar refractivity (Wildman–Crippen MR) is 146 cm³/mol. The molecule has 0 saturated heterocycles. The molecule has 194 valence electrons. The van der Waals surface area contributed by atoms with Crippen molar-refractivity contribution in [2.75, 3.05) is 6.54 Å². The van der Waals surface area contributed by atoms with Crippen molar-refractivity contribution in [1.29, 1.82) is 0 Å². The van der Waals surface area contributed by atoms with E-state index < -0.39 is 0 Å². The molecule has 0 amide bonds. The van der Waals surface area contributed by atoms with E-state index in [9.17, 15) is 5.11 Å². The van der Waals surface area contributed by atoms with Crippen LogP contribution in [0.3, 0.4) is 0 Å². The van der Waals surface area contributed by atoms with Gasteiger partial charge in [0.25, 0.3) is 0 Å². The molecular formula is C30H63NO. The summed E-state index contributed by atoms with van der Waals surface area (Å²) in [6.07, 6.45) is 32.7. The Bertz CT molecular complexity index is 333. The van der Waals surface area contributed by atoms with Crippen LogP contribution in [0.15, 0.2) is 0 Å². The molecule has 0 aliphatic rings. The van der Waals surface area contributed by atoms with Crippen molar-refractivity contribution in [3.05, 3.63) is 0 Å². The Kier molecular flexibility index (Phi) is 27.1. The summed E-state index contributed by atoms with van der Waals surface area (Å²) < 4.78 is 0. The Labute approximate surface area is 204 Å². The zero-order valence-electron chi connectivity index (χ0n) is 22.8. The van der Waals surface area contributed by atoms with Gasteiger partial charge in [0, 0.05) is 6.04 Å². The van der Waals surface area contributed by atoms with Crippen LogP contribution in [0, 0.1) is 0 Å². The number of nitrogens with one attached hydrogen (secondary N) is 1. The van der Waals surface area contributed by atoms with Crippen molar-refractivity contribution >= 4 is 0 Å². The summed E-state index contributed by atoms with van der Waals surface area (Å²) in [5, 5.41) is 13.9. The van der Waals surface area contributed by atoms with Crippen molar-refractivity contribution in [3.8, 4) is 0 Å². The summed E-state index contributed by atoms with van der Waals surface area (Å²) in [5.74, 6) is 0. The first-order valence-electron chi connectivity index (χ1n) is 15.1. The number of rotatable bonds is 27. The van der Waals surface area contributed by atoms with E-state index in [4.69, 9.17) is 0 Å². The lowest BCUT2D eigenvalue weighted by Crippen LogP contribution is -2.37. The van der Waals surface area contributed by atoms with Gasteiger partial charge in [-0.2, -0.15) is 0 Å². The molecule has 0 aromatic heterocycles. The minimum absolute atomic E-state index is 0.175. The van der Waals surface area contributed by atoms with Crippen LogP contribution in [0.1, 0.15) is 175 Å². The highest BCUT2D eigenvalue weighted by molar-refractivity contribution is 4.71. The van der Waals surface area contributed by atoms with Crippen molar-refractivity contribution in [3.63, 3.8) is 0 Å². The first kappa shape index (κ1) is 31.9. The lowest BCUT2D eigenvalue weighted by molar-refractivity contribution is 0.122. The maximum atomic E-state index is 10.4. The van der Waals surface area contributed by atoms with Crippen LogP contribution < -0.4 is 5.32 Å². The van der Waals surface area contributed by atoms with Gasteiger partial charge in [-0.15, -0.1) is 0 Å². The second-order valence-corrected chi connectivity index (χ2v) is 10.5. The minimum Gasteiger partial charge on any atom is -0.392 e. The summed E-state index contributed by atoms with van der Waals surface area (Å²) in [6.45, 7) is 7.79. The zero-order valence-corrected chi connectivity index (χ0v) is 22.8. The van der Waals surface area contributed by atoms with Gasteiger partial charge in [-0.25, -0.2) is 0 Å². The number of aliphatic hydroxyl groups is 1. The number of unbranched alkanes of at least 4 members (excludes halogenated alkanes) is 21. The standard InChI is InChI=1S/C30H63NO/c1-4-6-8-10-12-14-16-17-18-19-21-23-25-27-30(32)29(3)31-28-26-24-22-20-15-13-11-9-7-5-2/h29-32H,4-28H2,1-3H3/t29-,30+/m0/s1. The maximum absolute atomic E-state index is 10.4. The average Bonchev–Trinajstić information content (AvgIpc) is 2.80. The molecule has 0 unspecified atom stereocenters. The molecule has 32 heavy (non-hydrogen) atoms. The largest absolute Gasteiger partial charge is 0.392 e. The van der Waals surface area contributed by atoms with Gasteiger partial charge >= 0.3 is 0 Å². The predicted octanol–water partition coefficient (Wildman–Crippen LogP) is 9.73. The molecule has 2 atom stereocenters. The van der Waals surface area contributed by atoms with Crippen LogP contribution in [0.25, 0.3) is 0 Å². The van der Waals surface area contributed by atoms with Crippen LogP contribution in [0.5, 0.6) is 0 Å². The Morgan fingerprint density at radius 1 is 0.469 bits per heavy atom. The number of hydrogen-bond donors (Lipinski definition) is 2. The van der Waals surface area contributed by atoms with Crippen molar-refractivity contribution in [1.82, 2.24) is 5.32 Å². The summed E-state index contributed by atoms with van der Waals surface area (Å²) in [7, 11) is 0. The van der Waals surface area contributed by atoms with E-state index in [0.29, 0.717) is 0 Å². The number of hydrogen-bond acceptors (Lipinski definition) is 2. The molecule has 0 aliphatic heterocycles. The Balaban J connectivity index is 3.28. The zero-order chi connectivity index (χ0) is 23.5. The fraction of sp³-hybridized carbons (Fsp3) is 1.00. The van der Waals surface area contributed by atoms with E-state index in [1.807, 2.05) is 0 Å². The second-order valence-electron chi connectivity index (χ2n) is 10.5. The molecule has 0 aromatic carbocycles. The first-order chi connectivity index (χ1) is 15.7. The van der Waals surface area contributed by atoms with Crippen LogP contribution in [-0.2, 0) is 0 Å². The fourth-order valence-electron chi connectivity index (χ4n) is 4.70. The monoisotopic (exact) mass is 453 g/mol. The molecule has 0 spiro atoms. The van der Waals surface area contributed by atoms with Crippen LogP contribution in [0.2, 0.25) is 0 Å². The highest BCUT2D eigenvalue weighted by atomic mass is 16.3. The highest BCUT2D eigenvalue weighted by Gasteiger charge is 2.12. The van der Waals surface area contributed by atoms with Gasteiger partial charge in [0.05, 0.1) is 6.10 Å². The highest BCUT2D eigenvalue weighted by Crippen LogP contribution is 2.14. The molecule has 0 fully saturated rings. The van der Waals surface area contributed by atoms with Crippen LogP contribution >= 0.6 is 0 Å². The summed E-state index contributed by atoms with van der Waals surface area (Å²) in [5.41, 5.74) is 0. The first-order valence-corrected chi connectivity index (χ1v) is 15.1. The average molecular weight is 454 g/mol. The number of aliphatic hydroxyl groups excluding tert-OH is 1. The molecule has 0 aliphatic carbocycles. The van der Waals surface area contributed by atoms with Crippen LogP contribution in [0.4, 0.5) is 0 Å². The molecule has 2 N–H and O–H groups in total. The summed E-state index contributed by atoms with van der Waals surface area (Å²) >= 11 is 0. The van der Waals surface area contributed by atoms with E-state index in [1.165, 1.54) is 148 Å².